The van der Waals surface area contributed by atoms with Crippen LogP contribution in [0.4, 0.5) is 10.5 Å². The van der Waals surface area contributed by atoms with E-state index in [1.165, 1.54) is 24.0 Å². The van der Waals surface area contributed by atoms with Gasteiger partial charge >= 0.3 is 0 Å². The highest BCUT2D eigenvalue weighted by molar-refractivity contribution is 9.18. The molecule has 3 heteroatoms. The van der Waals surface area contributed by atoms with E-state index in [0.29, 0.717) is 0 Å². The van der Waals surface area contributed by atoms with Crippen molar-refractivity contribution in [3.05, 3.63) is 29.3 Å². The Bertz CT molecular complexity index is 376. The first-order valence-corrected chi connectivity index (χ1v) is 5.53. The van der Waals surface area contributed by atoms with E-state index in [2.05, 4.69) is 28.1 Å². The Balaban J connectivity index is 2.33. The van der Waals surface area contributed by atoms with Crippen molar-refractivity contribution in [2.75, 3.05) is 11.9 Å². The third kappa shape index (κ3) is 1.69. The Hall–Kier alpha value is -0.830. The number of halogens is 1. The van der Waals surface area contributed by atoms with Gasteiger partial charge in [-0.25, -0.2) is 0 Å². The molecule has 1 amide bonds. The van der Waals surface area contributed by atoms with Crippen molar-refractivity contribution in [3.8, 4) is 0 Å². The molecule has 1 aliphatic rings. The van der Waals surface area contributed by atoms with Crippen molar-refractivity contribution < 1.29 is 4.79 Å². The number of carbonyl (C=O) groups is 1. The first-order valence-electron chi connectivity index (χ1n) is 4.73. The van der Waals surface area contributed by atoms with Crippen LogP contribution in [0.2, 0.25) is 0 Å². The number of hydrogen-bond acceptors (Lipinski definition) is 1. The first-order chi connectivity index (χ1) is 6.68. The van der Waals surface area contributed by atoms with Gasteiger partial charge in [0.15, 0.2) is 0 Å². The van der Waals surface area contributed by atoms with Crippen molar-refractivity contribution >= 4 is 26.4 Å². The van der Waals surface area contributed by atoms with Crippen LogP contribution in [-0.2, 0) is 12.8 Å². The van der Waals surface area contributed by atoms with Crippen molar-refractivity contribution in [2.45, 2.75) is 19.3 Å². The fraction of sp³-hybridized carbons (Fsp3) is 0.364. The minimum Gasteiger partial charge on any atom is -0.306 e. The zero-order valence-electron chi connectivity index (χ0n) is 8.09. The highest BCUT2D eigenvalue weighted by atomic mass is 79.9. The van der Waals surface area contributed by atoms with Gasteiger partial charge in [0.05, 0.1) is 0 Å². The largest absolute Gasteiger partial charge is 0.306 e. The van der Waals surface area contributed by atoms with E-state index in [9.17, 15) is 4.79 Å². The number of amides is 1. The van der Waals surface area contributed by atoms with Crippen LogP contribution in [0, 0.1) is 0 Å². The SMILES string of the molecule is CN(C(=O)Br)c1ccc2c(c1)CCC2. The molecule has 0 aromatic heterocycles. The lowest BCUT2D eigenvalue weighted by atomic mass is 10.1. The zero-order valence-corrected chi connectivity index (χ0v) is 9.67. The molecule has 14 heavy (non-hydrogen) atoms. The zero-order chi connectivity index (χ0) is 10.1. The second kappa shape index (κ2) is 3.73. The molecule has 0 saturated carbocycles. The summed E-state index contributed by atoms with van der Waals surface area (Å²) in [5.41, 5.74) is 3.79. The summed E-state index contributed by atoms with van der Waals surface area (Å²) < 4.78 is 0. The minimum absolute atomic E-state index is 0.101. The van der Waals surface area contributed by atoms with Gasteiger partial charge in [0.1, 0.15) is 0 Å². The molecule has 2 nitrogen and oxygen atoms in total. The van der Waals surface area contributed by atoms with Gasteiger partial charge < -0.3 is 4.90 Å². The maximum Gasteiger partial charge on any atom is 0.293 e. The van der Waals surface area contributed by atoms with Crippen LogP contribution in [-0.4, -0.2) is 11.9 Å². The van der Waals surface area contributed by atoms with Gasteiger partial charge in [-0.1, -0.05) is 6.07 Å². The molecule has 0 atom stereocenters. The highest BCUT2D eigenvalue weighted by Crippen LogP contribution is 2.26. The molecular formula is C11H12BrNO. The van der Waals surface area contributed by atoms with Gasteiger partial charge in [0, 0.05) is 28.7 Å². The molecule has 74 valence electrons. The first kappa shape index (κ1) is 9.71. The molecule has 0 N–H and O–H groups in total. The maximum atomic E-state index is 11.1. The Kier molecular flexibility index (Phi) is 2.59. The quantitative estimate of drug-likeness (QED) is 0.557. The van der Waals surface area contributed by atoms with Gasteiger partial charge in [0.25, 0.3) is 4.82 Å². The Labute approximate surface area is 92.0 Å². The van der Waals surface area contributed by atoms with E-state index in [4.69, 9.17) is 0 Å². The number of fused-ring (bicyclic) bond motifs is 1. The van der Waals surface area contributed by atoms with E-state index < -0.39 is 0 Å². The number of nitrogens with zero attached hydrogens (tertiary/aromatic N) is 1. The number of benzene rings is 1. The highest BCUT2D eigenvalue weighted by Gasteiger charge is 2.13. The summed E-state index contributed by atoms with van der Waals surface area (Å²) in [6, 6.07) is 6.24. The van der Waals surface area contributed by atoms with Crippen molar-refractivity contribution in [1.29, 1.82) is 0 Å². The molecule has 1 aromatic rings. The summed E-state index contributed by atoms with van der Waals surface area (Å²) in [5, 5.41) is 0. The summed E-state index contributed by atoms with van der Waals surface area (Å²) in [5.74, 6) is 0. The van der Waals surface area contributed by atoms with Crippen LogP contribution in [0.1, 0.15) is 17.5 Å². The molecule has 0 fully saturated rings. The lowest BCUT2D eigenvalue weighted by Gasteiger charge is -2.14. The third-order valence-corrected chi connectivity index (χ3v) is 3.27. The Morgan fingerprint density at radius 1 is 1.36 bits per heavy atom. The van der Waals surface area contributed by atoms with E-state index in [1.54, 1.807) is 11.9 Å². The van der Waals surface area contributed by atoms with Crippen LogP contribution in [0.15, 0.2) is 18.2 Å². The third-order valence-electron chi connectivity index (χ3n) is 2.73. The molecule has 1 aliphatic carbocycles. The summed E-state index contributed by atoms with van der Waals surface area (Å²) in [7, 11) is 1.77. The molecule has 0 spiro atoms. The molecule has 1 aromatic carbocycles. The van der Waals surface area contributed by atoms with E-state index in [-0.39, 0.29) is 4.82 Å². The van der Waals surface area contributed by atoms with Gasteiger partial charge in [0.2, 0.25) is 0 Å². The van der Waals surface area contributed by atoms with Crippen LogP contribution in [0.5, 0.6) is 0 Å². The Morgan fingerprint density at radius 3 is 2.79 bits per heavy atom. The predicted octanol–water partition coefficient (Wildman–Crippen LogP) is 3.13. The van der Waals surface area contributed by atoms with Gasteiger partial charge in [-0.2, -0.15) is 0 Å². The van der Waals surface area contributed by atoms with Gasteiger partial charge in [-0.05, 0) is 42.5 Å². The van der Waals surface area contributed by atoms with E-state index in [1.807, 2.05) is 6.07 Å². The second-order valence-corrected chi connectivity index (χ2v) is 4.30. The molecule has 0 aliphatic heterocycles. The molecule has 0 radical (unpaired) electrons. The topological polar surface area (TPSA) is 20.3 Å². The summed E-state index contributed by atoms with van der Waals surface area (Å²) in [6.45, 7) is 0. The molecule has 0 heterocycles. The minimum atomic E-state index is -0.101. The fourth-order valence-electron chi connectivity index (χ4n) is 1.87. The normalized spacial score (nSPS) is 13.9. The summed E-state index contributed by atoms with van der Waals surface area (Å²) >= 11 is 2.94. The monoisotopic (exact) mass is 253 g/mol. The van der Waals surface area contributed by atoms with Crippen LogP contribution < -0.4 is 4.90 Å². The van der Waals surface area contributed by atoms with Gasteiger partial charge in [-0.3, -0.25) is 4.79 Å². The molecular weight excluding hydrogens is 242 g/mol. The lowest BCUT2D eigenvalue weighted by molar-refractivity contribution is 0.267. The van der Waals surface area contributed by atoms with E-state index >= 15 is 0 Å². The average Bonchev–Trinajstić information content (AvgIpc) is 2.62. The van der Waals surface area contributed by atoms with Crippen LogP contribution in [0.25, 0.3) is 0 Å². The van der Waals surface area contributed by atoms with Crippen molar-refractivity contribution in [3.63, 3.8) is 0 Å². The van der Waals surface area contributed by atoms with Crippen LogP contribution >= 0.6 is 15.9 Å². The molecule has 0 bridgehead atoms. The number of hydrogen-bond donors (Lipinski definition) is 0. The number of carbonyl (C=O) groups excluding carboxylic acids is 1. The van der Waals surface area contributed by atoms with Crippen molar-refractivity contribution in [1.82, 2.24) is 0 Å². The lowest BCUT2D eigenvalue weighted by Crippen LogP contribution is -2.19. The summed E-state index contributed by atoms with van der Waals surface area (Å²) in [4.78, 5) is 12.6. The molecule has 0 unspecified atom stereocenters. The number of rotatable bonds is 1. The fourth-order valence-corrected chi connectivity index (χ4v) is 2.07. The number of aryl methyl sites for hydroxylation is 2. The predicted molar refractivity (Wildman–Crippen MR) is 61.2 cm³/mol. The van der Waals surface area contributed by atoms with E-state index in [0.717, 1.165) is 12.1 Å². The number of anilines is 1. The summed E-state index contributed by atoms with van der Waals surface area (Å²) in [6.07, 6.45) is 3.57. The molecule has 2 rings (SSSR count). The van der Waals surface area contributed by atoms with Crippen molar-refractivity contribution in [2.24, 2.45) is 0 Å². The maximum absolute atomic E-state index is 11.1. The Morgan fingerprint density at radius 2 is 2.07 bits per heavy atom. The van der Waals surface area contributed by atoms with Crippen LogP contribution in [0.3, 0.4) is 0 Å². The molecule has 0 saturated heterocycles. The standard InChI is InChI=1S/C11H12BrNO/c1-13(11(12)14)10-6-5-8-3-2-4-9(8)7-10/h5-7H,2-4H2,1H3. The van der Waals surface area contributed by atoms with Gasteiger partial charge in [-0.15, -0.1) is 0 Å². The second-order valence-electron chi connectivity index (χ2n) is 3.62. The average molecular weight is 254 g/mol. The smallest absolute Gasteiger partial charge is 0.293 e.